The molecule has 1 N–H and O–H groups in total. The minimum Gasteiger partial charge on any atom is -0.486 e. The van der Waals surface area contributed by atoms with Crippen molar-refractivity contribution in [2.45, 2.75) is 44.6 Å². The average Bonchev–Trinajstić information content (AvgIpc) is 2.91. The highest BCUT2D eigenvalue weighted by atomic mass is 19.2. The molecule has 1 saturated carbocycles. The molecule has 1 aliphatic carbocycles. The summed E-state index contributed by atoms with van der Waals surface area (Å²) in [7, 11) is 0. The van der Waals surface area contributed by atoms with E-state index in [9.17, 15) is 18.7 Å². The molecular weight excluding hydrogens is 500 g/mol. The van der Waals surface area contributed by atoms with Crippen LogP contribution in [0.15, 0.2) is 61.2 Å². The summed E-state index contributed by atoms with van der Waals surface area (Å²) in [5.74, 6) is -6.01. The molecule has 0 bridgehead atoms. The molecule has 0 heterocycles. The average molecular weight is 529 g/mol. The van der Waals surface area contributed by atoms with E-state index in [0.717, 1.165) is 25.0 Å². The van der Waals surface area contributed by atoms with Crippen molar-refractivity contribution in [3.05, 3.63) is 95.6 Å². The Kier molecular flexibility index (Phi) is 8.52. The zero-order valence-corrected chi connectivity index (χ0v) is 20.9. The molecule has 3 aromatic rings. The van der Waals surface area contributed by atoms with Crippen molar-refractivity contribution in [3.63, 3.8) is 0 Å². The first-order valence-electron chi connectivity index (χ1n) is 12.4. The summed E-state index contributed by atoms with van der Waals surface area (Å²) >= 11 is 0. The first-order chi connectivity index (χ1) is 18.2. The molecule has 1 atom stereocenters. The normalized spacial score (nSPS) is 18.1. The fourth-order valence-electron chi connectivity index (χ4n) is 4.83. The topological polar surface area (TPSA) is 55.8 Å². The first kappa shape index (κ1) is 27.4. The van der Waals surface area contributed by atoms with Gasteiger partial charge in [-0.25, -0.2) is 18.0 Å². The van der Waals surface area contributed by atoms with Gasteiger partial charge < -0.3 is 14.6 Å². The van der Waals surface area contributed by atoms with Gasteiger partial charge >= 0.3 is 5.97 Å². The molecule has 0 radical (unpaired) electrons. The standard InChI is InChI=1S/C30H28F4O4/c1-3-16-37-25-15-14-24(28(33)29(25)34)30(36)38-21-10-8-20(9-11-21)23-13-12-22(26(31)27(23)32)19-6-4-18(5-7-19)17(2)35/h3,8-15,17-19,35H,1,4-7,16H2,2H3. The minimum atomic E-state index is -1.41. The summed E-state index contributed by atoms with van der Waals surface area (Å²) in [6, 6.07) is 10.9. The lowest BCUT2D eigenvalue weighted by molar-refractivity contribution is 0.0728. The Balaban J connectivity index is 1.46. The highest BCUT2D eigenvalue weighted by Crippen LogP contribution is 2.40. The van der Waals surface area contributed by atoms with Gasteiger partial charge in [-0.05, 0) is 79.8 Å². The molecule has 3 aromatic carbocycles. The summed E-state index contributed by atoms with van der Waals surface area (Å²) < 4.78 is 68.7. The van der Waals surface area contributed by atoms with Gasteiger partial charge in [0, 0.05) is 5.56 Å². The van der Waals surface area contributed by atoms with E-state index < -0.39 is 40.9 Å². The summed E-state index contributed by atoms with van der Waals surface area (Å²) in [4.78, 5) is 12.4. The van der Waals surface area contributed by atoms with Crippen molar-refractivity contribution >= 4 is 5.97 Å². The molecule has 8 heteroatoms. The maximum atomic E-state index is 15.0. The predicted molar refractivity (Wildman–Crippen MR) is 135 cm³/mol. The lowest BCUT2D eigenvalue weighted by Crippen LogP contribution is -2.23. The third-order valence-electron chi connectivity index (χ3n) is 7.01. The molecule has 0 aromatic heterocycles. The van der Waals surface area contributed by atoms with Gasteiger partial charge in [0.05, 0.1) is 11.7 Å². The van der Waals surface area contributed by atoms with E-state index in [1.807, 2.05) is 0 Å². The number of hydrogen-bond donors (Lipinski definition) is 1. The number of carbonyl (C=O) groups is 1. The largest absolute Gasteiger partial charge is 0.486 e. The Morgan fingerprint density at radius 2 is 1.63 bits per heavy atom. The van der Waals surface area contributed by atoms with Crippen LogP contribution in [0.2, 0.25) is 0 Å². The van der Waals surface area contributed by atoms with Crippen molar-refractivity contribution < 1.29 is 36.9 Å². The number of benzene rings is 3. The van der Waals surface area contributed by atoms with E-state index in [2.05, 4.69) is 6.58 Å². The van der Waals surface area contributed by atoms with E-state index in [4.69, 9.17) is 9.47 Å². The minimum absolute atomic E-state index is 0.0120. The number of hydrogen-bond acceptors (Lipinski definition) is 4. The van der Waals surface area contributed by atoms with E-state index in [0.29, 0.717) is 24.0 Å². The maximum absolute atomic E-state index is 15.0. The van der Waals surface area contributed by atoms with Gasteiger partial charge in [0.1, 0.15) is 12.4 Å². The summed E-state index contributed by atoms with van der Waals surface area (Å²) in [6.45, 7) is 5.14. The second kappa shape index (κ2) is 11.8. The lowest BCUT2D eigenvalue weighted by Gasteiger charge is -2.30. The molecule has 200 valence electrons. The zero-order valence-electron chi connectivity index (χ0n) is 20.9. The van der Waals surface area contributed by atoms with Crippen LogP contribution in [-0.2, 0) is 0 Å². The van der Waals surface area contributed by atoms with Crippen LogP contribution < -0.4 is 9.47 Å². The van der Waals surface area contributed by atoms with Crippen LogP contribution in [0.4, 0.5) is 17.6 Å². The molecule has 0 saturated heterocycles. The van der Waals surface area contributed by atoms with Crippen molar-refractivity contribution in [1.29, 1.82) is 0 Å². The summed E-state index contributed by atoms with van der Waals surface area (Å²) in [5, 5.41) is 9.78. The summed E-state index contributed by atoms with van der Waals surface area (Å²) in [6.07, 6.45) is 3.83. The van der Waals surface area contributed by atoms with Crippen LogP contribution in [0.1, 0.15) is 54.4 Å². The van der Waals surface area contributed by atoms with Crippen LogP contribution in [0.5, 0.6) is 11.5 Å². The Morgan fingerprint density at radius 1 is 0.947 bits per heavy atom. The van der Waals surface area contributed by atoms with Gasteiger partial charge in [-0.3, -0.25) is 0 Å². The molecule has 0 spiro atoms. The third-order valence-corrected chi connectivity index (χ3v) is 7.01. The van der Waals surface area contributed by atoms with E-state index in [1.54, 1.807) is 13.0 Å². The second-order valence-corrected chi connectivity index (χ2v) is 9.44. The fourth-order valence-corrected chi connectivity index (χ4v) is 4.83. The van der Waals surface area contributed by atoms with Gasteiger partial charge in [0.15, 0.2) is 23.2 Å². The molecule has 1 unspecified atom stereocenters. The first-order valence-corrected chi connectivity index (χ1v) is 12.4. The monoisotopic (exact) mass is 528 g/mol. The molecule has 0 amide bonds. The summed E-state index contributed by atoms with van der Waals surface area (Å²) in [5.41, 5.74) is 0.108. The fraction of sp³-hybridized carbons (Fsp3) is 0.300. The Morgan fingerprint density at radius 3 is 2.26 bits per heavy atom. The van der Waals surface area contributed by atoms with Crippen molar-refractivity contribution in [2.24, 2.45) is 5.92 Å². The maximum Gasteiger partial charge on any atom is 0.346 e. The van der Waals surface area contributed by atoms with Crippen LogP contribution in [0.25, 0.3) is 11.1 Å². The van der Waals surface area contributed by atoms with Gasteiger partial charge in [-0.1, -0.05) is 36.9 Å². The van der Waals surface area contributed by atoms with Crippen LogP contribution in [0, 0.1) is 29.2 Å². The number of aliphatic hydroxyl groups excluding tert-OH is 1. The number of rotatable bonds is 8. The highest BCUT2D eigenvalue weighted by molar-refractivity contribution is 5.91. The number of carbonyl (C=O) groups excluding carboxylic acids is 1. The molecule has 0 aliphatic heterocycles. The van der Waals surface area contributed by atoms with Crippen LogP contribution in [-0.4, -0.2) is 23.8 Å². The molecule has 4 rings (SSSR count). The van der Waals surface area contributed by atoms with Gasteiger partial charge in [0.25, 0.3) is 0 Å². The lowest BCUT2D eigenvalue weighted by atomic mass is 9.76. The number of ether oxygens (including phenoxy) is 2. The van der Waals surface area contributed by atoms with E-state index >= 15 is 8.78 Å². The van der Waals surface area contributed by atoms with Crippen molar-refractivity contribution in [1.82, 2.24) is 0 Å². The quantitative estimate of drug-likeness (QED) is 0.144. The van der Waals surface area contributed by atoms with Crippen molar-refractivity contribution in [3.8, 4) is 22.6 Å². The molecule has 1 fully saturated rings. The molecule has 38 heavy (non-hydrogen) atoms. The van der Waals surface area contributed by atoms with E-state index in [1.165, 1.54) is 36.4 Å². The van der Waals surface area contributed by atoms with Gasteiger partial charge in [0.2, 0.25) is 5.82 Å². The van der Waals surface area contributed by atoms with Crippen LogP contribution in [0.3, 0.4) is 0 Å². The Hall–Kier alpha value is -3.65. The highest BCUT2D eigenvalue weighted by Gasteiger charge is 2.28. The zero-order chi connectivity index (χ0) is 27.4. The SMILES string of the molecule is C=CCOc1ccc(C(=O)Oc2ccc(-c3ccc(C4CCC(C(C)O)CC4)c(F)c3F)cc2)c(F)c1F. The third kappa shape index (κ3) is 5.75. The molecule has 4 nitrogen and oxygen atoms in total. The Labute approximate surface area is 218 Å². The van der Waals surface area contributed by atoms with Crippen molar-refractivity contribution in [2.75, 3.05) is 6.61 Å². The Bertz CT molecular complexity index is 1310. The van der Waals surface area contributed by atoms with Crippen LogP contribution >= 0.6 is 0 Å². The number of esters is 1. The second-order valence-electron chi connectivity index (χ2n) is 9.44. The molecule has 1 aliphatic rings. The molecular formula is C30H28F4O4. The number of aliphatic hydroxyl groups is 1. The number of halogens is 4. The van der Waals surface area contributed by atoms with Gasteiger partial charge in [-0.15, -0.1) is 0 Å². The van der Waals surface area contributed by atoms with Gasteiger partial charge in [-0.2, -0.15) is 4.39 Å². The van der Waals surface area contributed by atoms with E-state index in [-0.39, 0.29) is 35.5 Å². The predicted octanol–water partition coefficient (Wildman–Crippen LogP) is 7.35. The smallest absolute Gasteiger partial charge is 0.346 e.